The zero-order chi connectivity index (χ0) is 15.1. The number of esters is 2. The van der Waals surface area contributed by atoms with Gasteiger partial charge in [0.15, 0.2) is 0 Å². The summed E-state index contributed by atoms with van der Waals surface area (Å²) in [4.78, 5) is 22.0. The molecule has 2 N–H and O–H groups in total. The van der Waals surface area contributed by atoms with Crippen molar-refractivity contribution in [2.45, 2.75) is 0 Å². The third-order valence-electron chi connectivity index (χ3n) is 2.40. The fourth-order valence-corrected chi connectivity index (χ4v) is 1.35. The van der Waals surface area contributed by atoms with Gasteiger partial charge in [-0.3, -0.25) is 0 Å². The van der Waals surface area contributed by atoms with Gasteiger partial charge in [0.1, 0.15) is 5.82 Å². The van der Waals surface area contributed by atoms with Gasteiger partial charge in [0.2, 0.25) is 0 Å². The molecule has 0 amide bonds. The molecule has 0 saturated carbocycles. The van der Waals surface area contributed by atoms with Crippen LogP contribution in [-0.4, -0.2) is 26.2 Å². The second-order valence-electron chi connectivity index (χ2n) is 3.72. The number of hydrogen-bond donors (Lipinski definition) is 1. The lowest BCUT2D eigenvalue weighted by molar-refractivity contribution is -0.135. The van der Waals surface area contributed by atoms with Crippen molar-refractivity contribution < 1.29 is 23.5 Å². The molecule has 1 rings (SSSR count). The van der Waals surface area contributed by atoms with Gasteiger partial charge in [-0.15, -0.1) is 0 Å². The maximum atomic E-state index is 13.6. The van der Waals surface area contributed by atoms with E-state index in [2.05, 4.69) is 9.47 Å². The molecule has 0 aromatic heterocycles. The first-order chi connectivity index (χ1) is 9.47. The van der Waals surface area contributed by atoms with Crippen LogP contribution >= 0.6 is 0 Å². The molecular weight excluding hydrogens is 265 g/mol. The largest absolute Gasteiger partial charge is 0.466 e. The molecule has 0 aliphatic heterocycles. The molecule has 0 aliphatic carbocycles. The second kappa shape index (κ2) is 7.08. The Labute approximate surface area is 115 Å². The minimum atomic E-state index is -0.651. The molecule has 106 valence electrons. The highest BCUT2D eigenvalue weighted by atomic mass is 19.1. The summed E-state index contributed by atoms with van der Waals surface area (Å²) in [5, 5.41) is 0. The molecule has 0 saturated heterocycles. The lowest BCUT2D eigenvalue weighted by atomic mass is 10.1. The number of benzene rings is 1. The number of nitrogens with two attached hydrogens (primary N) is 1. The molecule has 20 heavy (non-hydrogen) atoms. The number of hydrogen-bond acceptors (Lipinski definition) is 5. The van der Waals surface area contributed by atoms with Gasteiger partial charge in [-0.05, 0) is 29.8 Å². The van der Waals surface area contributed by atoms with Crippen molar-refractivity contribution in [1.82, 2.24) is 0 Å². The molecule has 0 atom stereocenters. The maximum absolute atomic E-state index is 13.6. The van der Waals surface area contributed by atoms with Gasteiger partial charge in [0.25, 0.3) is 0 Å². The van der Waals surface area contributed by atoms with Crippen LogP contribution in [0.15, 0.2) is 24.3 Å². The Hall–Kier alpha value is -2.63. The van der Waals surface area contributed by atoms with E-state index in [4.69, 9.17) is 5.73 Å². The molecule has 0 heterocycles. The minimum absolute atomic E-state index is 0.0969. The Morgan fingerprint density at radius 3 is 2.20 bits per heavy atom. The average molecular weight is 279 g/mol. The molecule has 0 radical (unpaired) electrons. The van der Waals surface area contributed by atoms with Crippen LogP contribution in [-0.2, 0) is 19.1 Å². The number of rotatable bonds is 4. The van der Waals surface area contributed by atoms with Gasteiger partial charge in [0.05, 0.1) is 19.9 Å². The van der Waals surface area contributed by atoms with Crippen molar-refractivity contribution in [3.05, 3.63) is 41.2 Å². The second-order valence-corrected chi connectivity index (χ2v) is 3.72. The topological polar surface area (TPSA) is 78.6 Å². The Morgan fingerprint density at radius 1 is 1.10 bits per heavy atom. The van der Waals surface area contributed by atoms with E-state index in [1.165, 1.54) is 38.5 Å². The van der Waals surface area contributed by atoms with Gasteiger partial charge in [-0.1, -0.05) is 0 Å². The predicted molar refractivity (Wildman–Crippen MR) is 72.9 cm³/mol. The number of nitrogen functional groups attached to an aromatic ring is 1. The molecule has 0 aliphatic rings. The van der Waals surface area contributed by atoms with Gasteiger partial charge in [0, 0.05) is 17.7 Å². The minimum Gasteiger partial charge on any atom is -0.466 e. The first kappa shape index (κ1) is 15.4. The molecule has 0 unspecified atom stereocenters. The summed E-state index contributed by atoms with van der Waals surface area (Å²) in [6.07, 6.45) is 4.99. The molecule has 1 aromatic rings. The number of methoxy groups -OCH3 is 2. The van der Waals surface area contributed by atoms with E-state index < -0.39 is 17.8 Å². The summed E-state index contributed by atoms with van der Waals surface area (Å²) < 4.78 is 22.5. The molecule has 6 heteroatoms. The third kappa shape index (κ3) is 4.24. The number of halogens is 1. The van der Waals surface area contributed by atoms with Gasteiger partial charge in [-0.2, -0.15) is 0 Å². The van der Waals surface area contributed by atoms with E-state index in [1.807, 2.05) is 0 Å². The standard InChI is InChI=1S/C14H14FNO4/c1-19-12(17)5-3-9-7-10(4-6-13(18)20-2)14(16)11(15)8-9/h3-8H,16H2,1-2H3/b5-3+,6-4-. The SMILES string of the molecule is COC(=O)/C=C\c1cc(/C=C/C(=O)OC)cc(F)c1N. The van der Waals surface area contributed by atoms with Crippen LogP contribution in [0.25, 0.3) is 12.2 Å². The third-order valence-corrected chi connectivity index (χ3v) is 2.40. The molecule has 0 spiro atoms. The Kier molecular flexibility index (Phi) is 5.46. The van der Waals surface area contributed by atoms with Crippen LogP contribution in [0, 0.1) is 5.82 Å². The monoisotopic (exact) mass is 279 g/mol. The molecule has 0 bridgehead atoms. The van der Waals surface area contributed by atoms with Gasteiger partial charge >= 0.3 is 11.9 Å². The molecule has 1 aromatic carbocycles. The van der Waals surface area contributed by atoms with Gasteiger partial charge < -0.3 is 15.2 Å². The normalized spacial score (nSPS) is 10.9. The van der Waals surface area contributed by atoms with E-state index >= 15 is 0 Å². The smallest absolute Gasteiger partial charge is 0.330 e. The average Bonchev–Trinajstić information content (AvgIpc) is 2.45. The lowest BCUT2D eigenvalue weighted by Crippen LogP contribution is -1.98. The summed E-state index contributed by atoms with van der Waals surface area (Å²) in [5.74, 6) is -1.80. The highest BCUT2D eigenvalue weighted by molar-refractivity contribution is 5.89. The van der Waals surface area contributed by atoms with Crippen LogP contribution in [0.5, 0.6) is 0 Å². The van der Waals surface area contributed by atoms with Crippen molar-refractivity contribution in [2.24, 2.45) is 0 Å². The quantitative estimate of drug-likeness (QED) is 0.516. The highest BCUT2D eigenvalue weighted by Crippen LogP contribution is 2.21. The van der Waals surface area contributed by atoms with E-state index in [-0.39, 0.29) is 5.69 Å². The first-order valence-electron chi connectivity index (χ1n) is 5.59. The fraction of sp³-hybridized carbons (Fsp3) is 0.143. The predicted octanol–water partition coefficient (Wildman–Crippen LogP) is 1.78. The van der Waals surface area contributed by atoms with Crippen LogP contribution in [0.1, 0.15) is 11.1 Å². The van der Waals surface area contributed by atoms with E-state index in [1.54, 1.807) is 0 Å². The zero-order valence-corrected chi connectivity index (χ0v) is 11.1. The Bertz CT molecular complexity index is 579. The molecular formula is C14H14FNO4. The van der Waals surface area contributed by atoms with Crippen LogP contribution in [0.4, 0.5) is 10.1 Å². The zero-order valence-electron chi connectivity index (χ0n) is 11.1. The molecule has 5 nitrogen and oxygen atoms in total. The van der Waals surface area contributed by atoms with Gasteiger partial charge in [-0.25, -0.2) is 14.0 Å². The van der Waals surface area contributed by atoms with Crippen molar-refractivity contribution in [1.29, 1.82) is 0 Å². The summed E-state index contributed by atoms with van der Waals surface area (Å²) in [7, 11) is 2.47. The summed E-state index contributed by atoms with van der Waals surface area (Å²) in [5.41, 5.74) is 6.18. The fourth-order valence-electron chi connectivity index (χ4n) is 1.35. The van der Waals surface area contributed by atoms with Crippen molar-refractivity contribution in [2.75, 3.05) is 20.0 Å². The maximum Gasteiger partial charge on any atom is 0.330 e. The van der Waals surface area contributed by atoms with Crippen LogP contribution in [0.3, 0.4) is 0 Å². The van der Waals surface area contributed by atoms with Crippen molar-refractivity contribution in [3.63, 3.8) is 0 Å². The van der Waals surface area contributed by atoms with E-state index in [0.29, 0.717) is 11.1 Å². The first-order valence-corrected chi connectivity index (χ1v) is 5.59. The summed E-state index contributed by atoms with van der Waals surface area (Å²) in [6.45, 7) is 0. The Balaban J connectivity index is 3.09. The number of anilines is 1. The highest BCUT2D eigenvalue weighted by Gasteiger charge is 2.06. The van der Waals surface area contributed by atoms with Crippen molar-refractivity contribution in [3.8, 4) is 0 Å². The lowest BCUT2D eigenvalue weighted by Gasteiger charge is -2.04. The number of ether oxygens (including phenoxy) is 2. The summed E-state index contributed by atoms with van der Waals surface area (Å²) in [6, 6.07) is 2.70. The van der Waals surface area contributed by atoms with Crippen LogP contribution < -0.4 is 5.73 Å². The number of carbonyl (C=O) groups is 2. The van der Waals surface area contributed by atoms with E-state index in [9.17, 15) is 14.0 Å². The number of carbonyl (C=O) groups excluding carboxylic acids is 2. The Morgan fingerprint density at radius 2 is 1.65 bits per heavy atom. The summed E-state index contributed by atoms with van der Waals surface area (Å²) >= 11 is 0. The van der Waals surface area contributed by atoms with Crippen molar-refractivity contribution >= 4 is 29.8 Å². The van der Waals surface area contributed by atoms with E-state index in [0.717, 1.165) is 12.2 Å². The molecule has 0 fully saturated rings. The van der Waals surface area contributed by atoms with Crippen LogP contribution in [0.2, 0.25) is 0 Å².